The lowest BCUT2D eigenvalue weighted by atomic mass is 10.2. The highest BCUT2D eigenvalue weighted by atomic mass is 28.4. The fourth-order valence-electron chi connectivity index (χ4n) is 5.04. The Balaban J connectivity index is 2.03. The molecule has 3 aromatic carbocycles. The first-order valence-corrected chi connectivity index (χ1v) is 18.8. The molecule has 0 aliphatic heterocycles. The van der Waals surface area contributed by atoms with Crippen LogP contribution in [0.1, 0.15) is 32.6 Å². The average molecular weight is 533 g/mol. The second-order valence-corrected chi connectivity index (χ2v) is 21.8. The maximum atomic E-state index is 7.26. The van der Waals surface area contributed by atoms with E-state index in [1.165, 1.54) is 10.4 Å². The van der Waals surface area contributed by atoms with Gasteiger partial charge in [-0.2, -0.15) is 0 Å². The molecule has 0 fully saturated rings. The van der Waals surface area contributed by atoms with E-state index in [1.807, 2.05) is 30.3 Å². The lowest BCUT2D eigenvalue weighted by Crippen LogP contribution is -2.67. The number of hydrogen-bond donors (Lipinski definition) is 0. The van der Waals surface area contributed by atoms with Crippen molar-refractivity contribution in [3.63, 3.8) is 0 Å². The second kappa shape index (κ2) is 12.5. The van der Waals surface area contributed by atoms with Crippen LogP contribution in [0.4, 0.5) is 0 Å². The molecular formula is C32H44O3Si2. The van der Waals surface area contributed by atoms with Gasteiger partial charge in [-0.05, 0) is 27.0 Å². The third-order valence-electron chi connectivity index (χ3n) is 6.65. The molecule has 0 radical (unpaired) electrons. The Morgan fingerprint density at radius 1 is 0.784 bits per heavy atom. The molecule has 0 aromatic heterocycles. The van der Waals surface area contributed by atoms with Crippen LogP contribution < -0.4 is 10.4 Å². The Hall–Kier alpha value is -2.29. The topological polar surface area (TPSA) is 27.7 Å². The van der Waals surface area contributed by atoms with E-state index < -0.39 is 22.7 Å². The van der Waals surface area contributed by atoms with Gasteiger partial charge in [0.2, 0.25) is 0 Å². The van der Waals surface area contributed by atoms with Crippen LogP contribution in [-0.2, 0) is 13.9 Å². The van der Waals surface area contributed by atoms with Crippen LogP contribution in [0.5, 0.6) is 0 Å². The Labute approximate surface area is 226 Å². The summed E-state index contributed by atoms with van der Waals surface area (Å²) in [4.78, 5) is 0. The normalized spacial score (nSPS) is 14.2. The van der Waals surface area contributed by atoms with Gasteiger partial charge in [0.1, 0.15) is 6.10 Å². The van der Waals surface area contributed by atoms with Gasteiger partial charge in [-0.3, -0.25) is 0 Å². The summed E-state index contributed by atoms with van der Waals surface area (Å²) in [5.41, 5.74) is 2.07. The van der Waals surface area contributed by atoms with Crippen LogP contribution >= 0.6 is 0 Å². The van der Waals surface area contributed by atoms with Gasteiger partial charge in [-0.25, -0.2) is 0 Å². The lowest BCUT2D eigenvalue weighted by molar-refractivity contribution is -0.157. The Morgan fingerprint density at radius 2 is 1.24 bits per heavy atom. The fraction of sp³-hybridized carbons (Fsp3) is 0.375. The fourth-order valence-corrected chi connectivity index (χ4v) is 11.2. The number of benzene rings is 3. The molecule has 0 saturated heterocycles. The van der Waals surface area contributed by atoms with Crippen molar-refractivity contribution < 1.29 is 13.9 Å². The summed E-state index contributed by atoms with van der Waals surface area (Å²) in [6, 6.07) is 32.5. The van der Waals surface area contributed by atoms with Gasteiger partial charge in [0, 0.05) is 20.7 Å². The van der Waals surface area contributed by atoms with Gasteiger partial charge in [0.25, 0.3) is 8.32 Å². The van der Waals surface area contributed by atoms with Gasteiger partial charge >= 0.3 is 0 Å². The average Bonchev–Trinajstić information content (AvgIpc) is 2.86. The molecule has 0 amide bonds. The number of ether oxygens (including phenoxy) is 2. The molecule has 2 atom stereocenters. The summed E-state index contributed by atoms with van der Waals surface area (Å²) in [5, 5.41) is 2.41. The minimum absolute atomic E-state index is 0.111. The molecule has 3 aromatic rings. The molecule has 0 N–H and O–H groups in total. The molecule has 5 heteroatoms. The summed E-state index contributed by atoms with van der Waals surface area (Å²) >= 11 is 0. The van der Waals surface area contributed by atoms with Crippen LogP contribution in [-0.4, -0.2) is 36.2 Å². The molecule has 0 saturated carbocycles. The Bertz CT molecular complexity index is 1060. The van der Waals surface area contributed by atoms with Crippen LogP contribution in [0, 0.1) is 0 Å². The van der Waals surface area contributed by atoms with E-state index in [2.05, 4.69) is 108 Å². The number of rotatable bonds is 12. The van der Waals surface area contributed by atoms with Crippen molar-refractivity contribution in [2.75, 3.05) is 13.7 Å². The maximum Gasteiger partial charge on any atom is 0.261 e. The van der Waals surface area contributed by atoms with E-state index >= 15 is 0 Å². The Morgan fingerprint density at radius 3 is 1.65 bits per heavy atom. The SMILES string of the molecule is C=C(C[Si](C)(C)C)C(CO[Si](c1ccccc1)(c1ccccc1)C(C)(C)C)OC(OC)c1ccccc1. The molecule has 37 heavy (non-hydrogen) atoms. The van der Waals surface area contributed by atoms with Crippen LogP contribution in [0.2, 0.25) is 30.7 Å². The molecule has 3 rings (SSSR count). The molecule has 0 aliphatic rings. The van der Waals surface area contributed by atoms with Crippen molar-refractivity contribution in [1.82, 2.24) is 0 Å². The maximum absolute atomic E-state index is 7.26. The van der Waals surface area contributed by atoms with E-state index in [0.717, 1.165) is 17.2 Å². The zero-order chi connectivity index (χ0) is 27.1. The molecule has 198 valence electrons. The highest BCUT2D eigenvalue weighted by Crippen LogP contribution is 2.37. The summed E-state index contributed by atoms with van der Waals surface area (Å²) in [6.07, 6.45) is -0.786. The minimum Gasteiger partial charge on any atom is -0.404 e. The highest BCUT2D eigenvalue weighted by molar-refractivity contribution is 6.99. The quantitative estimate of drug-likeness (QED) is 0.140. The molecule has 0 aliphatic carbocycles. The monoisotopic (exact) mass is 532 g/mol. The highest BCUT2D eigenvalue weighted by Gasteiger charge is 2.50. The zero-order valence-electron chi connectivity index (χ0n) is 23.7. The Kier molecular flexibility index (Phi) is 9.89. The summed E-state index contributed by atoms with van der Waals surface area (Å²) in [5.74, 6) is 0. The first-order chi connectivity index (χ1) is 17.5. The third-order valence-corrected chi connectivity index (χ3v) is 13.2. The van der Waals surface area contributed by atoms with Crippen molar-refractivity contribution in [1.29, 1.82) is 0 Å². The van der Waals surface area contributed by atoms with Crippen molar-refractivity contribution >= 4 is 26.8 Å². The summed E-state index contributed by atoms with van der Waals surface area (Å²) in [6.45, 7) is 18.9. The molecule has 0 heterocycles. The largest absolute Gasteiger partial charge is 0.404 e. The zero-order valence-corrected chi connectivity index (χ0v) is 25.7. The number of methoxy groups -OCH3 is 1. The van der Waals surface area contributed by atoms with E-state index in [0.29, 0.717) is 6.61 Å². The summed E-state index contributed by atoms with van der Waals surface area (Å²) < 4.78 is 19.7. The number of hydrogen-bond acceptors (Lipinski definition) is 3. The van der Waals surface area contributed by atoms with Crippen molar-refractivity contribution in [2.24, 2.45) is 0 Å². The predicted octanol–water partition coefficient (Wildman–Crippen LogP) is 7.19. The van der Waals surface area contributed by atoms with E-state index in [-0.39, 0.29) is 11.1 Å². The lowest BCUT2D eigenvalue weighted by Gasteiger charge is -2.44. The first kappa shape index (κ1) is 29.3. The predicted molar refractivity (Wildman–Crippen MR) is 162 cm³/mol. The second-order valence-electron chi connectivity index (χ2n) is 12.0. The van der Waals surface area contributed by atoms with Gasteiger partial charge in [0.15, 0.2) is 6.29 Å². The van der Waals surface area contributed by atoms with Gasteiger partial charge < -0.3 is 13.9 Å². The van der Waals surface area contributed by atoms with Gasteiger partial charge in [-0.15, -0.1) is 0 Å². The van der Waals surface area contributed by atoms with Crippen LogP contribution in [0.3, 0.4) is 0 Å². The van der Waals surface area contributed by atoms with Crippen molar-refractivity contribution in [2.45, 2.75) is 63.9 Å². The van der Waals surface area contributed by atoms with Crippen LogP contribution in [0.25, 0.3) is 0 Å². The van der Waals surface area contributed by atoms with Crippen molar-refractivity contribution in [3.05, 3.63) is 109 Å². The smallest absolute Gasteiger partial charge is 0.261 e. The first-order valence-electron chi connectivity index (χ1n) is 13.1. The van der Waals surface area contributed by atoms with E-state index in [9.17, 15) is 0 Å². The van der Waals surface area contributed by atoms with Gasteiger partial charge in [-0.1, -0.05) is 138 Å². The van der Waals surface area contributed by atoms with Gasteiger partial charge in [0.05, 0.1) is 6.61 Å². The standard InChI is InChI=1S/C32H44O3Si2/c1-26(25-36(6,7)8)30(35-31(33-5)27-18-12-9-13-19-27)24-34-37(32(2,3)4,28-20-14-10-15-21-28)29-22-16-11-17-23-29/h9-23,30-31H,1,24-25H2,2-8H3. The van der Waals surface area contributed by atoms with E-state index in [1.54, 1.807) is 7.11 Å². The van der Waals surface area contributed by atoms with Crippen LogP contribution in [0.15, 0.2) is 103 Å². The van der Waals surface area contributed by atoms with Crippen molar-refractivity contribution in [3.8, 4) is 0 Å². The summed E-state index contributed by atoms with van der Waals surface area (Å²) in [7, 11) is -2.44. The molecule has 0 bridgehead atoms. The van der Waals surface area contributed by atoms with E-state index in [4.69, 9.17) is 13.9 Å². The minimum atomic E-state index is -2.71. The molecule has 3 nitrogen and oxygen atoms in total. The third kappa shape index (κ3) is 7.40. The molecule has 0 spiro atoms. The molecular weight excluding hydrogens is 489 g/mol. The molecule has 2 unspecified atom stereocenters.